The van der Waals surface area contributed by atoms with Crippen molar-refractivity contribution in [1.82, 2.24) is 29.7 Å². The molecule has 0 amide bonds. The zero-order chi connectivity index (χ0) is 26.5. The van der Waals surface area contributed by atoms with Gasteiger partial charge in [-0.15, -0.1) is 0 Å². The van der Waals surface area contributed by atoms with E-state index in [4.69, 9.17) is 35.6 Å². The van der Waals surface area contributed by atoms with E-state index in [0.29, 0.717) is 42.1 Å². The standard InChI is InChI=1S/C27H30ClN7O4/c1-15-2-4-16(5-3-15)12-35-24-19(31-26(35)34-6-7-38-22-14-37-13-21(22)34)9-20(25-32-27(36)39-33-25)30-23(24)17-8-18(28)11-29-10-17/h8-11,15-16,21-22H,2-7,12-14H2,1H3,(H,32,33,36)/t15?,16?,21-,22-/m1/s1. The number of rotatable bonds is 5. The summed E-state index contributed by atoms with van der Waals surface area (Å²) in [4.78, 5) is 31.2. The van der Waals surface area contributed by atoms with E-state index in [0.717, 1.165) is 41.6 Å². The Bertz CT molecular complexity index is 1560. The molecule has 2 saturated heterocycles. The van der Waals surface area contributed by atoms with E-state index in [1.54, 1.807) is 12.4 Å². The number of pyridine rings is 2. The summed E-state index contributed by atoms with van der Waals surface area (Å²) >= 11 is 6.38. The number of nitrogens with zero attached hydrogens (tertiary/aromatic N) is 6. The van der Waals surface area contributed by atoms with Crippen molar-refractivity contribution in [3.8, 4) is 22.8 Å². The number of hydrogen-bond donors (Lipinski definition) is 1. The third kappa shape index (κ3) is 4.62. The molecule has 4 aromatic rings. The van der Waals surface area contributed by atoms with E-state index in [9.17, 15) is 4.79 Å². The minimum atomic E-state index is -0.642. The second-order valence-corrected chi connectivity index (χ2v) is 11.4. The number of aromatic amines is 1. The highest BCUT2D eigenvalue weighted by molar-refractivity contribution is 6.30. The molecule has 0 spiro atoms. The molecule has 1 saturated carbocycles. The number of anilines is 1. The quantitative estimate of drug-likeness (QED) is 0.393. The maximum atomic E-state index is 11.8. The molecule has 0 aromatic carbocycles. The van der Waals surface area contributed by atoms with Crippen molar-refractivity contribution in [3.63, 3.8) is 0 Å². The first-order chi connectivity index (χ1) is 19.0. The summed E-state index contributed by atoms with van der Waals surface area (Å²) in [6.45, 7) is 5.70. The zero-order valence-corrected chi connectivity index (χ0v) is 22.4. The van der Waals surface area contributed by atoms with Gasteiger partial charge in [-0.2, -0.15) is 0 Å². The SMILES string of the molecule is CC1CCC(Cn2c(N3CCO[C@@H]4COC[C@H]43)nc3cc(-c4noc(=O)[nH]4)nc(-c4cncc(Cl)c4)c32)CC1. The maximum absolute atomic E-state index is 11.8. The Morgan fingerprint density at radius 1 is 1.13 bits per heavy atom. The first-order valence-electron chi connectivity index (χ1n) is 13.6. The lowest BCUT2D eigenvalue weighted by molar-refractivity contribution is 0.0217. The maximum Gasteiger partial charge on any atom is 0.439 e. The van der Waals surface area contributed by atoms with Crippen LogP contribution in [0, 0.1) is 11.8 Å². The lowest BCUT2D eigenvalue weighted by atomic mass is 9.83. The third-order valence-corrected chi connectivity index (χ3v) is 8.47. The normalized spacial score (nSPS) is 25.3. The number of halogens is 1. The van der Waals surface area contributed by atoms with Gasteiger partial charge in [-0.05, 0) is 36.8 Å². The molecule has 2 aliphatic heterocycles. The van der Waals surface area contributed by atoms with Crippen LogP contribution in [0.15, 0.2) is 33.8 Å². The summed E-state index contributed by atoms with van der Waals surface area (Å²) in [6, 6.07) is 3.80. The van der Waals surface area contributed by atoms with Crippen LogP contribution in [0.1, 0.15) is 32.6 Å². The fraction of sp³-hybridized carbons (Fsp3) is 0.519. The highest BCUT2D eigenvalue weighted by Crippen LogP contribution is 2.38. The Hall–Kier alpha value is -3.28. The number of H-pyrrole nitrogens is 1. The number of aromatic nitrogens is 6. The molecule has 6 heterocycles. The topological polar surface area (TPSA) is 124 Å². The molecular weight excluding hydrogens is 522 g/mol. The molecule has 0 unspecified atom stereocenters. The van der Waals surface area contributed by atoms with Crippen LogP contribution in [-0.4, -0.2) is 68.2 Å². The number of fused-ring (bicyclic) bond motifs is 2. The van der Waals surface area contributed by atoms with E-state index in [2.05, 4.69) is 31.5 Å². The first-order valence-corrected chi connectivity index (χ1v) is 14.0. The molecule has 1 aliphatic carbocycles. The van der Waals surface area contributed by atoms with Crippen LogP contribution < -0.4 is 10.7 Å². The average Bonchev–Trinajstić information content (AvgIpc) is 3.68. The van der Waals surface area contributed by atoms with E-state index in [1.165, 1.54) is 25.7 Å². The zero-order valence-electron chi connectivity index (χ0n) is 21.7. The molecule has 11 nitrogen and oxygen atoms in total. The van der Waals surface area contributed by atoms with E-state index >= 15 is 0 Å². The van der Waals surface area contributed by atoms with Gasteiger partial charge in [0.1, 0.15) is 11.8 Å². The Labute approximate surface area is 229 Å². The number of nitrogens with one attached hydrogen (secondary N) is 1. The van der Waals surface area contributed by atoms with E-state index in [-0.39, 0.29) is 18.0 Å². The largest absolute Gasteiger partial charge is 0.439 e. The Morgan fingerprint density at radius 2 is 2.00 bits per heavy atom. The average molecular weight is 552 g/mol. The Kier molecular flexibility index (Phi) is 6.37. The van der Waals surface area contributed by atoms with Crippen molar-refractivity contribution >= 4 is 28.6 Å². The molecule has 39 heavy (non-hydrogen) atoms. The van der Waals surface area contributed by atoms with Gasteiger partial charge in [0.2, 0.25) is 11.8 Å². The lowest BCUT2D eigenvalue weighted by Gasteiger charge is -2.37. The van der Waals surface area contributed by atoms with E-state index in [1.807, 2.05) is 12.1 Å². The molecule has 0 bridgehead atoms. The monoisotopic (exact) mass is 551 g/mol. The summed E-state index contributed by atoms with van der Waals surface area (Å²) < 4.78 is 18.9. The Balaban J connectivity index is 1.44. The van der Waals surface area contributed by atoms with Crippen molar-refractivity contribution in [2.45, 2.75) is 51.3 Å². The molecule has 7 rings (SSSR count). The molecule has 0 radical (unpaired) electrons. The van der Waals surface area contributed by atoms with Crippen LogP contribution >= 0.6 is 11.6 Å². The summed E-state index contributed by atoms with van der Waals surface area (Å²) in [5, 5.41) is 4.39. The summed E-state index contributed by atoms with van der Waals surface area (Å²) in [7, 11) is 0. The van der Waals surface area contributed by atoms with Crippen LogP contribution in [-0.2, 0) is 16.0 Å². The van der Waals surface area contributed by atoms with Crippen molar-refractivity contribution in [1.29, 1.82) is 0 Å². The third-order valence-electron chi connectivity index (χ3n) is 8.26. The molecule has 12 heteroatoms. The van der Waals surface area contributed by atoms with Gasteiger partial charge in [0.15, 0.2) is 0 Å². The predicted molar refractivity (Wildman–Crippen MR) is 145 cm³/mol. The Morgan fingerprint density at radius 3 is 2.79 bits per heavy atom. The van der Waals surface area contributed by atoms with Crippen LogP contribution in [0.5, 0.6) is 0 Å². The minimum Gasteiger partial charge on any atom is -0.376 e. The second kappa shape index (κ2) is 10.0. The molecule has 204 valence electrons. The van der Waals surface area contributed by atoms with Crippen LogP contribution in [0.4, 0.5) is 5.95 Å². The van der Waals surface area contributed by atoms with Gasteiger partial charge in [-0.25, -0.2) is 14.8 Å². The van der Waals surface area contributed by atoms with Crippen LogP contribution in [0.3, 0.4) is 0 Å². The highest BCUT2D eigenvalue weighted by atomic mass is 35.5. The molecule has 3 fully saturated rings. The highest BCUT2D eigenvalue weighted by Gasteiger charge is 2.40. The van der Waals surface area contributed by atoms with E-state index < -0.39 is 5.76 Å². The summed E-state index contributed by atoms with van der Waals surface area (Å²) in [5.74, 6) is 1.78. The van der Waals surface area contributed by atoms with Crippen LogP contribution in [0.25, 0.3) is 33.8 Å². The van der Waals surface area contributed by atoms with Gasteiger partial charge in [0, 0.05) is 31.0 Å². The van der Waals surface area contributed by atoms with Gasteiger partial charge < -0.3 is 18.9 Å². The van der Waals surface area contributed by atoms with Crippen molar-refractivity contribution in [2.24, 2.45) is 11.8 Å². The summed E-state index contributed by atoms with van der Waals surface area (Å²) in [5.41, 5.74) is 3.55. The van der Waals surface area contributed by atoms with Gasteiger partial charge in [0.05, 0.1) is 47.6 Å². The van der Waals surface area contributed by atoms with Gasteiger partial charge in [0.25, 0.3) is 0 Å². The van der Waals surface area contributed by atoms with Crippen molar-refractivity contribution in [3.05, 3.63) is 40.1 Å². The van der Waals surface area contributed by atoms with Crippen molar-refractivity contribution < 1.29 is 14.0 Å². The molecule has 3 aliphatic rings. The van der Waals surface area contributed by atoms with Gasteiger partial charge in [-0.1, -0.05) is 36.5 Å². The number of morpholine rings is 1. The summed E-state index contributed by atoms with van der Waals surface area (Å²) in [6.07, 6.45) is 8.19. The number of hydrogen-bond acceptors (Lipinski definition) is 9. The number of ether oxygens (including phenoxy) is 2. The fourth-order valence-electron chi connectivity index (χ4n) is 6.20. The molecule has 2 atom stereocenters. The minimum absolute atomic E-state index is 0.0213. The van der Waals surface area contributed by atoms with Crippen molar-refractivity contribution in [2.75, 3.05) is 31.3 Å². The molecule has 4 aromatic heterocycles. The molecular formula is C27H30ClN7O4. The van der Waals surface area contributed by atoms with Crippen LogP contribution in [0.2, 0.25) is 5.02 Å². The smallest absolute Gasteiger partial charge is 0.376 e. The first kappa shape index (κ1) is 24.7. The lowest BCUT2D eigenvalue weighted by Crippen LogP contribution is -2.51. The molecule has 1 N–H and O–H groups in total. The number of imidazole rings is 1. The van der Waals surface area contributed by atoms with Gasteiger partial charge in [-0.3, -0.25) is 14.5 Å². The predicted octanol–water partition coefficient (Wildman–Crippen LogP) is 3.92. The van der Waals surface area contributed by atoms with Gasteiger partial charge >= 0.3 is 5.76 Å². The second-order valence-electron chi connectivity index (χ2n) is 10.9. The fourth-order valence-corrected chi connectivity index (χ4v) is 6.37.